The molecule has 0 heterocycles. The summed E-state index contributed by atoms with van der Waals surface area (Å²) in [5, 5.41) is 0. The number of hydrogen-bond acceptors (Lipinski definition) is 2. The van der Waals surface area contributed by atoms with Crippen molar-refractivity contribution in [2.75, 3.05) is 11.5 Å². The van der Waals surface area contributed by atoms with Crippen molar-refractivity contribution in [3.63, 3.8) is 0 Å². The molecule has 0 bridgehead atoms. The third-order valence-electron chi connectivity index (χ3n) is 15.9. The highest BCUT2D eigenvalue weighted by atomic mass is 14.5. The average molecular weight is 881 g/mol. The molecule has 0 saturated heterocycles. The van der Waals surface area contributed by atoms with Gasteiger partial charge < -0.3 is 11.5 Å². The Kier molecular flexibility index (Phi) is 23.6. The first-order valence-electron chi connectivity index (χ1n) is 27.7. The van der Waals surface area contributed by atoms with E-state index in [1.165, 1.54) is 237 Å². The molecular weight excluding hydrogens is 785 g/mol. The highest BCUT2D eigenvalue weighted by Gasteiger charge is 2.38. The lowest BCUT2D eigenvalue weighted by Crippen LogP contribution is -2.33. The van der Waals surface area contributed by atoms with Crippen LogP contribution in [0.4, 0.5) is 11.4 Å². The number of aryl methyl sites for hydroxylation is 2. The monoisotopic (exact) mass is 881 g/mol. The predicted octanol–water partition coefficient (Wildman–Crippen LogP) is 19.4. The molecule has 0 spiro atoms. The van der Waals surface area contributed by atoms with Crippen LogP contribution in [-0.4, -0.2) is 0 Å². The second-order valence-corrected chi connectivity index (χ2v) is 21.0. The van der Waals surface area contributed by atoms with Gasteiger partial charge in [0, 0.05) is 28.6 Å². The van der Waals surface area contributed by atoms with Crippen LogP contribution in [-0.2, 0) is 5.41 Å². The van der Waals surface area contributed by atoms with Gasteiger partial charge in [0.2, 0.25) is 0 Å². The summed E-state index contributed by atoms with van der Waals surface area (Å²) in [6.07, 6.45) is 40.4. The summed E-state index contributed by atoms with van der Waals surface area (Å²) >= 11 is 0. The second-order valence-electron chi connectivity index (χ2n) is 21.0. The first-order valence-corrected chi connectivity index (χ1v) is 27.7. The van der Waals surface area contributed by atoms with Crippen LogP contribution in [0.5, 0.6) is 0 Å². The standard InChI is InChI=1S/C63H96N2/c1-6-9-12-15-18-21-24-27-30-61(59-42-40-57(64)48-50(59)4)53-32-36-55(37-33-53)63(46-44-52(45-47-63)29-26-23-20-17-14-11-8-3)56-38-34-54(35-39-56)62(60-43-41-58(65)49-51(60)5)31-28-25-22-19-16-13-10-7-2/h32-43,48-49,52,61-62H,6-31,44-47,64-65H2,1-5H3. The van der Waals surface area contributed by atoms with Gasteiger partial charge in [-0.15, -0.1) is 0 Å². The maximum absolute atomic E-state index is 6.31. The molecule has 358 valence electrons. The van der Waals surface area contributed by atoms with Crippen LogP contribution in [0.25, 0.3) is 0 Å². The Morgan fingerprint density at radius 3 is 1.12 bits per heavy atom. The van der Waals surface area contributed by atoms with Crippen molar-refractivity contribution in [2.45, 2.75) is 244 Å². The number of benzene rings is 4. The van der Waals surface area contributed by atoms with Crippen molar-refractivity contribution in [3.05, 3.63) is 129 Å². The topological polar surface area (TPSA) is 52.0 Å². The molecule has 0 aliphatic heterocycles. The molecule has 65 heavy (non-hydrogen) atoms. The summed E-state index contributed by atoms with van der Waals surface area (Å²) < 4.78 is 0. The van der Waals surface area contributed by atoms with Crippen LogP contribution in [0.3, 0.4) is 0 Å². The van der Waals surface area contributed by atoms with Gasteiger partial charge in [-0.3, -0.25) is 0 Å². The van der Waals surface area contributed by atoms with E-state index in [9.17, 15) is 0 Å². The average Bonchev–Trinajstić information content (AvgIpc) is 3.31. The minimum atomic E-state index is 0.0441. The van der Waals surface area contributed by atoms with Crippen molar-refractivity contribution < 1.29 is 0 Å². The molecule has 2 atom stereocenters. The normalized spacial score (nSPS) is 17.3. The summed E-state index contributed by atoms with van der Waals surface area (Å²) in [6.45, 7) is 11.5. The Labute approximate surface area is 401 Å². The van der Waals surface area contributed by atoms with Crippen LogP contribution in [0.15, 0.2) is 84.9 Å². The van der Waals surface area contributed by atoms with Gasteiger partial charge in [0.05, 0.1) is 0 Å². The SMILES string of the molecule is CCCCCCCCCCC(c1ccc(C2(c3ccc(C(CCCCCCCCCC)c4ccc(N)cc4C)cc3)CCC(CCCCCCCCC)CC2)cc1)c1ccc(N)cc1C. The Morgan fingerprint density at radius 2 is 0.769 bits per heavy atom. The Morgan fingerprint density at radius 1 is 0.431 bits per heavy atom. The zero-order valence-corrected chi connectivity index (χ0v) is 42.7. The highest BCUT2D eigenvalue weighted by molar-refractivity contribution is 5.51. The Bertz CT molecular complexity index is 1740. The number of nitrogen functional groups attached to an aromatic ring is 2. The number of hydrogen-bond donors (Lipinski definition) is 2. The fraction of sp³-hybridized carbons (Fsp3) is 0.619. The maximum Gasteiger partial charge on any atom is 0.0316 e. The smallest absolute Gasteiger partial charge is 0.0316 e. The first-order chi connectivity index (χ1) is 31.8. The summed E-state index contributed by atoms with van der Waals surface area (Å²) in [5.74, 6) is 1.64. The quantitative estimate of drug-likeness (QED) is 0.0379. The summed E-state index contributed by atoms with van der Waals surface area (Å²) in [4.78, 5) is 0. The fourth-order valence-electron chi connectivity index (χ4n) is 11.8. The van der Waals surface area contributed by atoms with Crippen molar-refractivity contribution in [3.8, 4) is 0 Å². The van der Waals surface area contributed by atoms with E-state index >= 15 is 0 Å². The van der Waals surface area contributed by atoms with Crippen molar-refractivity contribution in [1.82, 2.24) is 0 Å². The molecule has 0 aromatic heterocycles. The van der Waals surface area contributed by atoms with E-state index in [1.807, 2.05) is 0 Å². The molecular formula is C63H96N2. The number of anilines is 2. The summed E-state index contributed by atoms with van der Waals surface area (Å²) in [6, 6.07) is 33.5. The third-order valence-corrected chi connectivity index (χ3v) is 15.9. The Balaban J connectivity index is 1.38. The highest BCUT2D eigenvalue weighted by Crippen LogP contribution is 2.49. The van der Waals surface area contributed by atoms with Crippen LogP contribution in [0.1, 0.15) is 270 Å². The van der Waals surface area contributed by atoms with E-state index in [0.717, 1.165) is 17.3 Å². The fourth-order valence-corrected chi connectivity index (χ4v) is 11.8. The third kappa shape index (κ3) is 16.6. The van der Waals surface area contributed by atoms with Crippen LogP contribution in [0, 0.1) is 19.8 Å². The molecule has 2 unspecified atom stereocenters. The van der Waals surface area contributed by atoms with E-state index in [0.29, 0.717) is 11.8 Å². The molecule has 5 rings (SSSR count). The molecule has 4 N–H and O–H groups in total. The largest absolute Gasteiger partial charge is 0.399 e. The molecule has 1 aliphatic carbocycles. The molecule has 0 amide bonds. The van der Waals surface area contributed by atoms with E-state index in [4.69, 9.17) is 11.5 Å². The minimum absolute atomic E-state index is 0.0441. The van der Waals surface area contributed by atoms with Crippen LogP contribution in [0.2, 0.25) is 0 Å². The van der Waals surface area contributed by atoms with Crippen molar-refractivity contribution in [2.24, 2.45) is 5.92 Å². The van der Waals surface area contributed by atoms with E-state index in [1.54, 1.807) is 0 Å². The summed E-state index contributed by atoms with van der Waals surface area (Å²) in [7, 11) is 0. The van der Waals surface area contributed by atoms with Gasteiger partial charge >= 0.3 is 0 Å². The van der Waals surface area contributed by atoms with Gasteiger partial charge in [-0.1, -0.05) is 236 Å². The van der Waals surface area contributed by atoms with Gasteiger partial charge in [-0.2, -0.15) is 0 Å². The zero-order valence-electron chi connectivity index (χ0n) is 42.7. The lowest BCUT2D eigenvalue weighted by Gasteiger charge is -2.42. The molecule has 4 aromatic rings. The Hall–Kier alpha value is -3.52. The van der Waals surface area contributed by atoms with Crippen molar-refractivity contribution in [1.29, 1.82) is 0 Å². The molecule has 4 aromatic carbocycles. The zero-order chi connectivity index (χ0) is 46.1. The molecule has 1 saturated carbocycles. The van der Waals surface area contributed by atoms with Gasteiger partial charge in [0.15, 0.2) is 0 Å². The van der Waals surface area contributed by atoms with E-state index in [-0.39, 0.29) is 5.41 Å². The first kappa shape index (κ1) is 52.4. The summed E-state index contributed by atoms with van der Waals surface area (Å²) in [5.41, 5.74) is 25.9. The molecule has 2 heteroatoms. The van der Waals surface area contributed by atoms with Crippen LogP contribution < -0.4 is 11.5 Å². The van der Waals surface area contributed by atoms with Gasteiger partial charge in [0.1, 0.15) is 0 Å². The number of nitrogens with two attached hydrogens (primary N) is 2. The van der Waals surface area contributed by atoms with E-state index < -0.39 is 0 Å². The van der Waals surface area contributed by atoms with Gasteiger partial charge in [0.25, 0.3) is 0 Å². The van der Waals surface area contributed by atoms with Gasteiger partial charge in [-0.05, 0) is 127 Å². The minimum Gasteiger partial charge on any atom is -0.399 e. The maximum atomic E-state index is 6.31. The molecule has 2 nitrogen and oxygen atoms in total. The molecule has 0 radical (unpaired) electrons. The van der Waals surface area contributed by atoms with Crippen LogP contribution >= 0.6 is 0 Å². The number of unbranched alkanes of at least 4 members (excludes halogenated alkanes) is 20. The molecule has 1 aliphatic rings. The lowest BCUT2D eigenvalue weighted by molar-refractivity contribution is 0.250. The van der Waals surface area contributed by atoms with E-state index in [2.05, 4.69) is 120 Å². The molecule has 1 fully saturated rings. The van der Waals surface area contributed by atoms with Crippen molar-refractivity contribution >= 4 is 11.4 Å². The predicted molar refractivity (Wildman–Crippen MR) is 288 cm³/mol. The second kappa shape index (κ2) is 29.3. The lowest BCUT2D eigenvalue weighted by atomic mass is 9.62. The van der Waals surface area contributed by atoms with Gasteiger partial charge in [-0.25, -0.2) is 0 Å². The number of rotatable bonds is 32.